The van der Waals surface area contributed by atoms with Crippen molar-refractivity contribution in [2.24, 2.45) is 0 Å². The fraction of sp³-hybridized carbons (Fsp3) is 0.227. The Hall–Kier alpha value is -2.99. The highest BCUT2D eigenvalue weighted by atomic mass is 32.1. The standard InChI is InChI=1S/C22H21NO4S/c1-25-18-9-3-2-7-16(18)13-23(14-17-8-6-12-28-17)22(24)21-15-26-19-10-4-5-11-20(19)27-21/h2-12,21H,13-15H2,1H3/t21-/m1/s1. The maximum absolute atomic E-state index is 13.3. The molecule has 0 fully saturated rings. The molecule has 6 heteroatoms. The smallest absolute Gasteiger partial charge is 0.267 e. The number of thiophene rings is 1. The zero-order valence-corrected chi connectivity index (χ0v) is 16.4. The van der Waals surface area contributed by atoms with Gasteiger partial charge < -0.3 is 19.1 Å². The minimum atomic E-state index is -0.676. The first-order valence-corrected chi connectivity index (χ1v) is 9.94. The first kappa shape index (κ1) is 18.4. The molecule has 28 heavy (non-hydrogen) atoms. The van der Waals surface area contributed by atoms with Gasteiger partial charge in [0.2, 0.25) is 6.10 Å². The van der Waals surface area contributed by atoms with Gasteiger partial charge in [-0.2, -0.15) is 0 Å². The summed E-state index contributed by atoms with van der Waals surface area (Å²) in [5, 5.41) is 2.01. The topological polar surface area (TPSA) is 48.0 Å². The number of rotatable bonds is 6. The predicted molar refractivity (Wildman–Crippen MR) is 108 cm³/mol. The van der Waals surface area contributed by atoms with Gasteiger partial charge in [0.05, 0.1) is 13.7 Å². The maximum atomic E-state index is 13.3. The van der Waals surface area contributed by atoms with Crippen molar-refractivity contribution in [1.82, 2.24) is 4.90 Å². The molecule has 144 valence electrons. The first-order valence-electron chi connectivity index (χ1n) is 9.06. The molecule has 0 spiro atoms. The lowest BCUT2D eigenvalue weighted by Crippen LogP contribution is -2.45. The predicted octanol–water partition coefficient (Wildman–Crippen LogP) is 4.13. The Morgan fingerprint density at radius 1 is 1.07 bits per heavy atom. The normalized spacial score (nSPS) is 15.1. The van der Waals surface area contributed by atoms with Crippen LogP contribution in [0, 0.1) is 0 Å². The molecule has 1 amide bonds. The van der Waals surface area contributed by atoms with Crippen LogP contribution in [0.2, 0.25) is 0 Å². The fourth-order valence-corrected chi connectivity index (χ4v) is 3.91. The van der Waals surface area contributed by atoms with Crippen LogP contribution in [0.25, 0.3) is 0 Å². The highest BCUT2D eigenvalue weighted by Crippen LogP contribution is 2.32. The van der Waals surface area contributed by atoms with Crippen molar-refractivity contribution in [2.45, 2.75) is 19.2 Å². The first-order chi connectivity index (χ1) is 13.7. The number of carbonyl (C=O) groups is 1. The summed E-state index contributed by atoms with van der Waals surface area (Å²) in [6.45, 7) is 1.14. The second kappa shape index (κ2) is 8.35. The summed E-state index contributed by atoms with van der Waals surface area (Å²) in [7, 11) is 1.64. The van der Waals surface area contributed by atoms with Crippen molar-refractivity contribution < 1.29 is 19.0 Å². The zero-order valence-electron chi connectivity index (χ0n) is 15.5. The Balaban J connectivity index is 1.57. The highest BCUT2D eigenvalue weighted by molar-refractivity contribution is 7.09. The van der Waals surface area contributed by atoms with Crippen LogP contribution >= 0.6 is 11.3 Å². The Kier molecular flexibility index (Phi) is 5.48. The molecule has 0 saturated heterocycles. The zero-order chi connectivity index (χ0) is 19.3. The van der Waals surface area contributed by atoms with E-state index in [0.717, 1.165) is 16.2 Å². The SMILES string of the molecule is COc1ccccc1CN(Cc1cccs1)C(=O)[C@H]1COc2ccccc2O1. The molecule has 0 radical (unpaired) electrons. The third-order valence-corrected chi connectivity index (χ3v) is 5.44. The van der Waals surface area contributed by atoms with E-state index in [1.807, 2.05) is 66.0 Å². The molecule has 1 aliphatic rings. The number of hydrogen-bond donors (Lipinski definition) is 0. The average molecular weight is 395 g/mol. The second-order valence-electron chi connectivity index (χ2n) is 6.45. The van der Waals surface area contributed by atoms with Gasteiger partial charge in [0.1, 0.15) is 12.4 Å². The van der Waals surface area contributed by atoms with E-state index in [9.17, 15) is 4.79 Å². The Labute approximate surface area is 168 Å². The van der Waals surface area contributed by atoms with Crippen LogP contribution in [0.1, 0.15) is 10.4 Å². The Morgan fingerprint density at radius 3 is 2.64 bits per heavy atom. The number of fused-ring (bicyclic) bond motifs is 1. The van der Waals surface area contributed by atoms with Crippen LogP contribution in [0.4, 0.5) is 0 Å². The lowest BCUT2D eigenvalue weighted by atomic mass is 10.1. The average Bonchev–Trinajstić information content (AvgIpc) is 3.26. The van der Waals surface area contributed by atoms with Crippen molar-refractivity contribution in [1.29, 1.82) is 0 Å². The number of nitrogens with zero attached hydrogens (tertiary/aromatic N) is 1. The molecule has 0 saturated carbocycles. The van der Waals surface area contributed by atoms with Crippen molar-refractivity contribution in [2.75, 3.05) is 13.7 Å². The fourth-order valence-electron chi connectivity index (χ4n) is 3.19. The van der Waals surface area contributed by atoms with E-state index in [4.69, 9.17) is 14.2 Å². The molecule has 3 aromatic rings. The summed E-state index contributed by atoms with van der Waals surface area (Å²) >= 11 is 1.63. The number of ether oxygens (including phenoxy) is 3. The quantitative estimate of drug-likeness (QED) is 0.630. The van der Waals surface area contributed by atoms with Gasteiger partial charge >= 0.3 is 0 Å². The van der Waals surface area contributed by atoms with Gasteiger partial charge in [-0.3, -0.25) is 4.79 Å². The lowest BCUT2D eigenvalue weighted by Gasteiger charge is -2.31. The van der Waals surface area contributed by atoms with E-state index in [1.165, 1.54) is 0 Å². The molecule has 1 aromatic heterocycles. The van der Waals surface area contributed by atoms with Crippen molar-refractivity contribution in [3.63, 3.8) is 0 Å². The Morgan fingerprint density at radius 2 is 1.86 bits per heavy atom. The molecular weight excluding hydrogens is 374 g/mol. The summed E-state index contributed by atoms with van der Waals surface area (Å²) in [4.78, 5) is 16.2. The third-order valence-electron chi connectivity index (χ3n) is 4.58. The number of benzene rings is 2. The molecular formula is C22H21NO4S. The molecule has 1 aliphatic heterocycles. The van der Waals surface area contributed by atoms with Gasteiger partial charge in [-0.05, 0) is 29.6 Å². The van der Waals surface area contributed by atoms with Gasteiger partial charge in [-0.1, -0.05) is 36.4 Å². The summed E-state index contributed by atoms with van der Waals surface area (Å²) in [6, 6.07) is 19.2. The highest BCUT2D eigenvalue weighted by Gasteiger charge is 2.31. The second-order valence-corrected chi connectivity index (χ2v) is 7.48. The number of methoxy groups -OCH3 is 1. The van der Waals surface area contributed by atoms with Crippen LogP contribution in [0.15, 0.2) is 66.0 Å². The van der Waals surface area contributed by atoms with Crippen molar-refractivity contribution in [3.8, 4) is 17.2 Å². The van der Waals surface area contributed by atoms with E-state index in [1.54, 1.807) is 23.3 Å². The third kappa shape index (κ3) is 3.97. The van der Waals surface area contributed by atoms with Crippen molar-refractivity contribution >= 4 is 17.2 Å². The van der Waals surface area contributed by atoms with Gasteiger partial charge in [0, 0.05) is 17.0 Å². The molecule has 2 heterocycles. The van der Waals surface area contributed by atoms with Crippen LogP contribution in [-0.2, 0) is 17.9 Å². The van der Waals surface area contributed by atoms with Crippen LogP contribution in [0.5, 0.6) is 17.2 Å². The largest absolute Gasteiger partial charge is 0.496 e. The summed E-state index contributed by atoms with van der Waals surface area (Å²) in [6.07, 6.45) is -0.676. The molecule has 1 atom stereocenters. The number of para-hydroxylation sites is 3. The monoisotopic (exact) mass is 395 g/mol. The number of amides is 1. The molecule has 4 rings (SSSR count). The molecule has 0 aliphatic carbocycles. The van der Waals surface area contributed by atoms with E-state index < -0.39 is 6.10 Å². The van der Waals surface area contributed by atoms with Gasteiger partial charge in [0.25, 0.3) is 5.91 Å². The van der Waals surface area contributed by atoms with Crippen molar-refractivity contribution in [3.05, 3.63) is 76.5 Å². The van der Waals surface area contributed by atoms with Gasteiger partial charge in [0.15, 0.2) is 11.5 Å². The lowest BCUT2D eigenvalue weighted by molar-refractivity contribution is -0.142. The summed E-state index contributed by atoms with van der Waals surface area (Å²) in [5.41, 5.74) is 0.951. The number of carbonyl (C=O) groups excluding carboxylic acids is 1. The van der Waals surface area contributed by atoms with E-state index in [0.29, 0.717) is 24.6 Å². The molecule has 0 bridgehead atoms. The minimum Gasteiger partial charge on any atom is -0.496 e. The van der Waals surface area contributed by atoms with Crippen LogP contribution in [0.3, 0.4) is 0 Å². The van der Waals surface area contributed by atoms with Crippen LogP contribution < -0.4 is 14.2 Å². The minimum absolute atomic E-state index is 0.103. The van der Waals surface area contributed by atoms with E-state index in [-0.39, 0.29) is 12.5 Å². The van der Waals surface area contributed by atoms with Gasteiger partial charge in [-0.15, -0.1) is 11.3 Å². The molecule has 2 aromatic carbocycles. The molecule has 0 unspecified atom stereocenters. The van der Waals surface area contributed by atoms with Gasteiger partial charge in [-0.25, -0.2) is 0 Å². The van der Waals surface area contributed by atoms with E-state index in [2.05, 4.69) is 0 Å². The molecule has 5 nitrogen and oxygen atoms in total. The maximum Gasteiger partial charge on any atom is 0.267 e. The summed E-state index contributed by atoms with van der Waals surface area (Å²) < 4.78 is 17.1. The molecule has 0 N–H and O–H groups in total. The number of hydrogen-bond acceptors (Lipinski definition) is 5. The Bertz CT molecular complexity index is 941. The van der Waals surface area contributed by atoms with E-state index >= 15 is 0 Å². The van der Waals surface area contributed by atoms with Crippen LogP contribution in [-0.4, -0.2) is 30.6 Å². The summed E-state index contributed by atoms with van der Waals surface area (Å²) in [5.74, 6) is 1.92.